The normalized spacial score (nSPS) is 16.7. The Morgan fingerprint density at radius 1 is 1.32 bits per heavy atom. The van der Waals surface area contributed by atoms with Gasteiger partial charge in [0.05, 0.1) is 0 Å². The Kier molecular flexibility index (Phi) is 4.93. The molecule has 3 N–H and O–H groups in total. The van der Waals surface area contributed by atoms with E-state index in [9.17, 15) is 4.79 Å². The van der Waals surface area contributed by atoms with E-state index in [1.54, 1.807) is 0 Å². The summed E-state index contributed by atoms with van der Waals surface area (Å²) < 4.78 is 0. The van der Waals surface area contributed by atoms with Crippen LogP contribution in [0.25, 0.3) is 0 Å². The maximum atomic E-state index is 11.0. The molecule has 0 radical (unpaired) electrons. The molecule has 19 heavy (non-hydrogen) atoms. The Morgan fingerprint density at radius 2 is 1.95 bits per heavy atom. The van der Waals surface area contributed by atoms with Crippen molar-refractivity contribution >= 4 is 5.91 Å². The molecule has 4 nitrogen and oxygen atoms in total. The van der Waals surface area contributed by atoms with Crippen molar-refractivity contribution in [3.05, 3.63) is 35.4 Å². The van der Waals surface area contributed by atoms with Gasteiger partial charge in [-0.2, -0.15) is 0 Å². The van der Waals surface area contributed by atoms with E-state index in [2.05, 4.69) is 17.1 Å². The SMILES string of the molecule is CCN(Cc1ccc(C(N)=O)cc1)C1CCNCC1. The highest BCUT2D eigenvalue weighted by atomic mass is 16.1. The molecule has 0 spiro atoms. The number of amides is 1. The summed E-state index contributed by atoms with van der Waals surface area (Å²) in [7, 11) is 0. The average molecular weight is 261 g/mol. The fourth-order valence-electron chi connectivity index (χ4n) is 2.68. The quantitative estimate of drug-likeness (QED) is 0.841. The molecule has 1 aliphatic rings. The average Bonchev–Trinajstić information content (AvgIpc) is 2.46. The summed E-state index contributed by atoms with van der Waals surface area (Å²) >= 11 is 0. The van der Waals surface area contributed by atoms with Crippen LogP contribution in [0.2, 0.25) is 0 Å². The molecule has 1 heterocycles. The van der Waals surface area contributed by atoms with Crippen molar-refractivity contribution in [2.45, 2.75) is 32.4 Å². The van der Waals surface area contributed by atoms with Crippen molar-refractivity contribution < 1.29 is 4.79 Å². The fourth-order valence-corrected chi connectivity index (χ4v) is 2.68. The van der Waals surface area contributed by atoms with E-state index < -0.39 is 0 Å². The second-order valence-electron chi connectivity index (χ2n) is 5.11. The highest BCUT2D eigenvalue weighted by molar-refractivity contribution is 5.92. The molecule has 1 aliphatic heterocycles. The molecule has 0 saturated carbocycles. The first-order chi connectivity index (χ1) is 9.20. The predicted molar refractivity (Wildman–Crippen MR) is 76.9 cm³/mol. The first-order valence-corrected chi connectivity index (χ1v) is 7.04. The molecular weight excluding hydrogens is 238 g/mol. The Labute approximate surface area is 115 Å². The zero-order chi connectivity index (χ0) is 13.7. The smallest absolute Gasteiger partial charge is 0.248 e. The molecule has 1 aromatic carbocycles. The van der Waals surface area contributed by atoms with Crippen LogP contribution in [-0.2, 0) is 6.54 Å². The summed E-state index contributed by atoms with van der Waals surface area (Å²) in [5.41, 5.74) is 7.07. The number of carbonyl (C=O) groups excluding carboxylic acids is 1. The lowest BCUT2D eigenvalue weighted by molar-refractivity contribution is 0.1000. The third-order valence-electron chi connectivity index (χ3n) is 3.86. The Bertz CT molecular complexity index is 410. The van der Waals surface area contributed by atoms with Gasteiger partial charge in [0.2, 0.25) is 5.91 Å². The molecule has 1 amide bonds. The molecule has 1 aromatic rings. The number of hydrogen-bond donors (Lipinski definition) is 2. The van der Waals surface area contributed by atoms with Crippen LogP contribution in [-0.4, -0.2) is 36.5 Å². The third-order valence-corrected chi connectivity index (χ3v) is 3.86. The molecule has 1 saturated heterocycles. The van der Waals surface area contributed by atoms with Gasteiger partial charge in [-0.1, -0.05) is 19.1 Å². The van der Waals surface area contributed by atoms with E-state index >= 15 is 0 Å². The van der Waals surface area contributed by atoms with Gasteiger partial charge in [0.1, 0.15) is 0 Å². The van der Waals surface area contributed by atoms with Gasteiger partial charge < -0.3 is 11.1 Å². The number of nitrogens with zero attached hydrogens (tertiary/aromatic N) is 1. The maximum absolute atomic E-state index is 11.0. The number of rotatable bonds is 5. The minimum atomic E-state index is -0.364. The van der Waals surface area contributed by atoms with Crippen molar-refractivity contribution in [2.24, 2.45) is 5.73 Å². The van der Waals surface area contributed by atoms with E-state index in [1.807, 2.05) is 24.3 Å². The Balaban J connectivity index is 1.99. The van der Waals surface area contributed by atoms with E-state index in [-0.39, 0.29) is 5.91 Å². The topological polar surface area (TPSA) is 58.4 Å². The molecule has 2 rings (SSSR count). The molecular formula is C15H23N3O. The first-order valence-electron chi connectivity index (χ1n) is 7.04. The van der Waals surface area contributed by atoms with E-state index in [0.717, 1.165) is 26.2 Å². The molecule has 0 atom stereocenters. The first kappa shape index (κ1) is 14.0. The standard InChI is InChI=1S/C15H23N3O/c1-2-18(14-7-9-17-10-8-14)11-12-3-5-13(6-4-12)15(16)19/h3-6,14,17H,2,7-11H2,1H3,(H2,16,19). The number of carbonyl (C=O) groups is 1. The van der Waals surface area contributed by atoms with E-state index in [0.29, 0.717) is 11.6 Å². The second-order valence-corrected chi connectivity index (χ2v) is 5.11. The zero-order valence-corrected chi connectivity index (χ0v) is 11.6. The van der Waals surface area contributed by atoms with Crippen LogP contribution >= 0.6 is 0 Å². The summed E-state index contributed by atoms with van der Waals surface area (Å²) in [5, 5.41) is 3.40. The van der Waals surface area contributed by atoms with Crippen molar-refractivity contribution in [3.63, 3.8) is 0 Å². The van der Waals surface area contributed by atoms with Crippen LogP contribution < -0.4 is 11.1 Å². The van der Waals surface area contributed by atoms with E-state index in [1.165, 1.54) is 18.4 Å². The van der Waals surface area contributed by atoms with Crippen LogP contribution in [0.5, 0.6) is 0 Å². The summed E-state index contributed by atoms with van der Waals surface area (Å²) in [6.07, 6.45) is 2.43. The van der Waals surface area contributed by atoms with Crippen molar-refractivity contribution in [1.29, 1.82) is 0 Å². The van der Waals surface area contributed by atoms with Crippen molar-refractivity contribution in [1.82, 2.24) is 10.2 Å². The van der Waals surface area contributed by atoms with Crippen LogP contribution in [0.1, 0.15) is 35.7 Å². The number of benzene rings is 1. The Hall–Kier alpha value is -1.39. The van der Waals surface area contributed by atoms with Gasteiger partial charge >= 0.3 is 0 Å². The highest BCUT2D eigenvalue weighted by Gasteiger charge is 2.19. The molecule has 0 bridgehead atoms. The van der Waals surface area contributed by atoms with Gasteiger partial charge in [-0.3, -0.25) is 9.69 Å². The molecule has 0 aliphatic carbocycles. The molecule has 4 heteroatoms. The lowest BCUT2D eigenvalue weighted by atomic mass is 10.0. The molecule has 104 valence electrons. The minimum Gasteiger partial charge on any atom is -0.366 e. The highest BCUT2D eigenvalue weighted by Crippen LogP contribution is 2.15. The van der Waals surface area contributed by atoms with Crippen molar-refractivity contribution in [3.8, 4) is 0 Å². The minimum absolute atomic E-state index is 0.364. The zero-order valence-electron chi connectivity index (χ0n) is 11.6. The van der Waals surface area contributed by atoms with Gasteiger partial charge in [-0.05, 0) is 50.2 Å². The monoisotopic (exact) mass is 261 g/mol. The van der Waals surface area contributed by atoms with Crippen LogP contribution in [0.3, 0.4) is 0 Å². The van der Waals surface area contributed by atoms with Crippen LogP contribution in [0, 0.1) is 0 Å². The second kappa shape index (κ2) is 6.68. The third kappa shape index (κ3) is 3.78. The predicted octanol–water partition coefficient (Wildman–Crippen LogP) is 1.36. The van der Waals surface area contributed by atoms with Gasteiger partial charge in [-0.25, -0.2) is 0 Å². The summed E-state index contributed by atoms with van der Waals surface area (Å²) in [5.74, 6) is -0.364. The van der Waals surface area contributed by atoms with Gasteiger partial charge in [0.25, 0.3) is 0 Å². The summed E-state index contributed by atoms with van der Waals surface area (Å²) in [4.78, 5) is 13.6. The summed E-state index contributed by atoms with van der Waals surface area (Å²) in [6, 6.07) is 8.30. The maximum Gasteiger partial charge on any atom is 0.248 e. The van der Waals surface area contributed by atoms with Gasteiger partial charge in [-0.15, -0.1) is 0 Å². The Morgan fingerprint density at radius 3 is 2.47 bits per heavy atom. The lowest BCUT2D eigenvalue weighted by Crippen LogP contribution is -2.42. The molecule has 1 fully saturated rings. The van der Waals surface area contributed by atoms with Crippen LogP contribution in [0.15, 0.2) is 24.3 Å². The van der Waals surface area contributed by atoms with Gasteiger partial charge in [0.15, 0.2) is 0 Å². The van der Waals surface area contributed by atoms with Crippen molar-refractivity contribution in [2.75, 3.05) is 19.6 Å². The number of nitrogens with one attached hydrogen (secondary N) is 1. The number of nitrogens with two attached hydrogens (primary N) is 1. The fraction of sp³-hybridized carbons (Fsp3) is 0.533. The van der Waals surface area contributed by atoms with Gasteiger partial charge in [0, 0.05) is 18.2 Å². The molecule has 0 aromatic heterocycles. The van der Waals surface area contributed by atoms with Crippen LogP contribution in [0.4, 0.5) is 0 Å². The number of piperidine rings is 1. The lowest BCUT2D eigenvalue weighted by Gasteiger charge is -2.33. The number of hydrogen-bond acceptors (Lipinski definition) is 3. The molecule has 0 unspecified atom stereocenters. The number of primary amides is 1. The summed E-state index contributed by atoms with van der Waals surface area (Å²) in [6.45, 7) is 6.44. The van der Waals surface area contributed by atoms with E-state index in [4.69, 9.17) is 5.73 Å². The largest absolute Gasteiger partial charge is 0.366 e.